The Balaban J connectivity index is 1.87. The second kappa shape index (κ2) is 12.5. The molecule has 0 spiro atoms. The van der Waals surface area contributed by atoms with Crippen molar-refractivity contribution in [2.75, 3.05) is 6.54 Å². The summed E-state index contributed by atoms with van der Waals surface area (Å²) in [6.45, 7) is 16.6. The van der Waals surface area contributed by atoms with Crippen molar-refractivity contribution in [2.45, 2.75) is 33.1 Å². The third kappa shape index (κ3) is 8.38. The van der Waals surface area contributed by atoms with Gasteiger partial charge in [0.25, 0.3) is 0 Å². The van der Waals surface area contributed by atoms with Gasteiger partial charge in [-0.1, -0.05) is 55.7 Å². The van der Waals surface area contributed by atoms with Crippen LogP contribution in [-0.4, -0.2) is 6.54 Å². The zero-order chi connectivity index (χ0) is 23.5. The highest BCUT2D eigenvalue weighted by molar-refractivity contribution is 5.61. The van der Waals surface area contributed by atoms with E-state index in [1.165, 1.54) is 17.7 Å². The third-order valence-corrected chi connectivity index (χ3v) is 4.95. The van der Waals surface area contributed by atoms with Crippen molar-refractivity contribution >= 4 is 5.70 Å². The van der Waals surface area contributed by atoms with Crippen LogP contribution in [0.2, 0.25) is 0 Å². The highest BCUT2D eigenvalue weighted by Gasteiger charge is 2.04. The first kappa shape index (κ1) is 24.9. The van der Waals surface area contributed by atoms with Gasteiger partial charge in [0.15, 0.2) is 0 Å². The van der Waals surface area contributed by atoms with Crippen molar-refractivity contribution < 1.29 is 8.78 Å². The van der Waals surface area contributed by atoms with E-state index >= 15 is 0 Å². The number of hydrogen-bond donors (Lipinski definition) is 2. The fourth-order valence-corrected chi connectivity index (χ4v) is 3.25. The van der Waals surface area contributed by atoms with Gasteiger partial charge in [-0.2, -0.15) is 0 Å². The van der Waals surface area contributed by atoms with Crippen LogP contribution in [-0.2, 0) is 6.42 Å². The molecule has 0 aliphatic carbocycles. The van der Waals surface area contributed by atoms with Gasteiger partial charge in [0.05, 0.1) is 0 Å². The standard InChI is InChI=1S/C28H32F2N2/c1-6-31-28(14-9-20(2)3)21(4)8-7-15-32-22(5)25-12-10-23(11-13-25)16-24-17-26(29)19-27(30)18-24/h6,9-14,17-19,31-32H,1-2,5,7-8,15-16H2,3-4H3/b14-9-,28-21-. The topological polar surface area (TPSA) is 24.1 Å². The molecule has 4 heteroatoms. The van der Waals surface area contributed by atoms with E-state index in [-0.39, 0.29) is 0 Å². The Labute approximate surface area is 190 Å². The second-order valence-electron chi connectivity index (χ2n) is 7.88. The molecule has 0 saturated heterocycles. The first-order valence-electron chi connectivity index (χ1n) is 10.7. The van der Waals surface area contributed by atoms with E-state index in [1.54, 1.807) is 6.20 Å². The predicted molar refractivity (Wildman–Crippen MR) is 132 cm³/mol. The quantitative estimate of drug-likeness (QED) is 0.277. The van der Waals surface area contributed by atoms with E-state index in [0.29, 0.717) is 12.0 Å². The Morgan fingerprint density at radius 1 is 0.938 bits per heavy atom. The van der Waals surface area contributed by atoms with E-state index in [9.17, 15) is 8.78 Å². The Hall–Kier alpha value is -3.40. The minimum atomic E-state index is -0.557. The van der Waals surface area contributed by atoms with Crippen LogP contribution in [0.1, 0.15) is 43.4 Å². The number of hydrogen-bond acceptors (Lipinski definition) is 2. The summed E-state index contributed by atoms with van der Waals surface area (Å²) in [6, 6.07) is 11.5. The van der Waals surface area contributed by atoms with Crippen LogP contribution >= 0.6 is 0 Å². The van der Waals surface area contributed by atoms with Crippen LogP contribution in [0.3, 0.4) is 0 Å². The van der Waals surface area contributed by atoms with Gasteiger partial charge in [-0.25, -0.2) is 8.78 Å². The molecule has 0 aliphatic rings. The second-order valence-corrected chi connectivity index (χ2v) is 7.88. The van der Waals surface area contributed by atoms with Crippen LogP contribution in [0.4, 0.5) is 8.78 Å². The molecule has 0 unspecified atom stereocenters. The number of rotatable bonds is 12. The zero-order valence-corrected chi connectivity index (χ0v) is 19.0. The van der Waals surface area contributed by atoms with Gasteiger partial charge < -0.3 is 10.6 Å². The van der Waals surface area contributed by atoms with Crippen LogP contribution in [0, 0.1) is 11.6 Å². The summed E-state index contributed by atoms with van der Waals surface area (Å²) in [5.41, 5.74) is 6.71. The largest absolute Gasteiger partial charge is 0.385 e. The molecule has 2 aromatic carbocycles. The van der Waals surface area contributed by atoms with Gasteiger partial charge in [-0.3, -0.25) is 0 Å². The number of nitrogens with one attached hydrogen (secondary N) is 2. The van der Waals surface area contributed by atoms with Gasteiger partial charge in [-0.05, 0) is 79.8 Å². The Kier molecular flexibility index (Phi) is 9.68. The number of allylic oxidation sites excluding steroid dienone is 4. The molecule has 0 radical (unpaired) electrons. The third-order valence-electron chi connectivity index (χ3n) is 4.95. The lowest BCUT2D eigenvalue weighted by molar-refractivity contribution is 0.580. The zero-order valence-electron chi connectivity index (χ0n) is 19.0. The molecule has 0 heterocycles. The average Bonchev–Trinajstić information content (AvgIpc) is 2.73. The van der Waals surface area contributed by atoms with Crippen molar-refractivity contribution in [3.8, 4) is 0 Å². The summed E-state index contributed by atoms with van der Waals surface area (Å²) in [5, 5.41) is 6.55. The highest BCUT2D eigenvalue weighted by atomic mass is 19.1. The first-order chi connectivity index (χ1) is 15.3. The van der Waals surface area contributed by atoms with Crippen molar-refractivity contribution in [1.29, 1.82) is 0 Å². The van der Waals surface area contributed by atoms with Crippen molar-refractivity contribution in [1.82, 2.24) is 10.6 Å². The number of halogens is 2. The maximum absolute atomic E-state index is 13.4. The fraction of sp³-hybridized carbons (Fsp3) is 0.214. The van der Waals surface area contributed by atoms with E-state index in [1.807, 2.05) is 43.3 Å². The van der Waals surface area contributed by atoms with E-state index in [0.717, 1.165) is 53.5 Å². The lowest BCUT2D eigenvalue weighted by atomic mass is 10.0. The molecule has 2 nitrogen and oxygen atoms in total. The molecule has 0 aromatic heterocycles. The Morgan fingerprint density at radius 3 is 2.19 bits per heavy atom. The molecule has 0 atom stereocenters. The summed E-state index contributed by atoms with van der Waals surface area (Å²) in [5.74, 6) is -1.11. The summed E-state index contributed by atoms with van der Waals surface area (Å²) < 4.78 is 26.7. The molecule has 0 amide bonds. The van der Waals surface area contributed by atoms with Gasteiger partial charge >= 0.3 is 0 Å². The molecule has 0 aliphatic heterocycles. The summed E-state index contributed by atoms with van der Waals surface area (Å²) >= 11 is 0. The van der Waals surface area contributed by atoms with Crippen molar-refractivity contribution in [2.24, 2.45) is 0 Å². The normalized spacial score (nSPS) is 11.8. The van der Waals surface area contributed by atoms with Crippen molar-refractivity contribution in [3.63, 3.8) is 0 Å². The molecule has 32 heavy (non-hydrogen) atoms. The van der Waals surface area contributed by atoms with E-state index < -0.39 is 11.6 Å². The minimum absolute atomic E-state index is 0.474. The molecule has 0 fully saturated rings. The molecule has 2 rings (SSSR count). The SMILES string of the molecule is C=CNC(/C=C\C(=C)C)=C(/C)CCCNC(=C)c1ccc(Cc2cc(F)cc(F)c2)cc1. The molecule has 2 aromatic rings. The van der Waals surface area contributed by atoms with Crippen LogP contribution in [0.25, 0.3) is 5.70 Å². The van der Waals surface area contributed by atoms with E-state index in [4.69, 9.17) is 0 Å². The fourth-order valence-electron chi connectivity index (χ4n) is 3.25. The molecular weight excluding hydrogens is 402 g/mol. The lowest BCUT2D eigenvalue weighted by Crippen LogP contribution is -2.13. The highest BCUT2D eigenvalue weighted by Crippen LogP contribution is 2.17. The maximum atomic E-state index is 13.4. The summed E-state index contributed by atoms with van der Waals surface area (Å²) in [6.07, 6.45) is 8.03. The lowest BCUT2D eigenvalue weighted by Gasteiger charge is -2.12. The monoisotopic (exact) mass is 434 g/mol. The smallest absolute Gasteiger partial charge is 0.126 e. The van der Waals surface area contributed by atoms with Crippen LogP contribution in [0.15, 0.2) is 97.4 Å². The summed E-state index contributed by atoms with van der Waals surface area (Å²) in [4.78, 5) is 0. The van der Waals surface area contributed by atoms with Gasteiger partial charge in [0.2, 0.25) is 0 Å². The minimum Gasteiger partial charge on any atom is -0.385 e. The molecule has 2 N–H and O–H groups in total. The summed E-state index contributed by atoms with van der Waals surface area (Å²) in [7, 11) is 0. The van der Waals surface area contributed by atoms with Crippen molar-refractivity contribution in [3.05, 3.63) is 126 Å². The Bertz CT molecular complexity index is 994. The number of benzene rings is 2. The average molecular weight is 435 g/mol. The van der Waals surface area contributed by atoms with E-state index in [2.05, 4.69) is 37.3 Å². The Morgan fingerprint density at radius 2 is 1.59 bits per heavy atom. The van der Waals surface area contributed by atoms with Gasteiger partial charge in [0, 0.05) is 24.0 Å². The van der Waals surface area contributed by atoms with Gasteiger partial charge in [0.1, 0.15) is 11.6 Å². The van der Waals surface area contributed by atoms with Gasteiger partial charge in [-0.15, -0.1) is 0 Å². The maximum Gasteiger partial charge on any atom is 0.126 e. The molecule has 0 bridgehead atoms. The molecular formula is C28H32F2N2. The van der Waals surface area contributed by atoms with Crippen LogP contribution < -0.4 is 10.6 Å². The molecule has 0 saturated carbocycles. The first-order valence-corrected chi connectivity index (χ1v) is 10.7. The predicted octanol–water partition coefficient (Wildman–Crippen LogP) is 7.04. The van der Waals surface area contributed by atoms with Crippen LogP contribution in [0.5, 0.6) is 0 Å². The molecule has 168 valence electrons.